The van der Waals surface area contributed by atoms with Gasteiger partial charge in [0.15, 0.2) is 0 Å². The maximum atomic E-state index is 10.9. The van der Waals surface area contributed by atoms with Crippen molar-refractivity contribution in [3.8, 4) is 0 Å². The van der Waals surface area contributed by atoms with Gasteiger partial charge < -0.3 is 5.11 Å². The van der Waals surface area contributed by atoms with E-state index in [1.807, 2.05) is 4.68 Å². The number of likely N-dealkylation sites (tertiary alicyclic amines) is 1. The van der Waals surface area contributed by atoms with Crippen molar-refractivity contribution < 1.29 is 5.11 Å². The second-order valence-electron chi connectivity index (χ2n) is 5.86. The van der Waals surface area contributed by atoms with E-state index in [1.165, 1.54) is 12.8 Å². The van der Waals surface area contributed by atoms with E-state index in [-0.39, 0.29) is 6.04 Å². The Balaban J connectivity index is 1.91. The van der Waals surface area contributed by atoms with Gasteiger partial charge in [0.2, 0.25) is 0 Å². The van der Waals surface area contributed by atoms with Crippen LogP contribution < -0.4 is 0 Å². The highest BCUT2D eigenvalue weighted by Gasteiger charge is 2.46. The number of rotatable bonds is 3. The van der Waals surface area contributed by atoms with E-state index in [1.54, 1.807) is 6.20 Å². The molecule has 2 aliphatic rings. The summed E-state index contributed by atoms with van der Waals surface area (Å²) in [5, 5.41) is 15.8. The van der Waals surface area contributed by atoms with Gasteiger partial charge in [0.05, 0.1) is 16.9 Å². The Hall–Kier alpha value is -0.580. The highest BCUT2D eigenvalue weighted by Crippen LogP contribution is 2.41. The summed E-state index contributed by atoms with van der Waals surface area (Å²) in [6, 6.07) is 0.903. The molecule has 2 fully saturated rings. The topological polar surface area (TPSA) is 41.3 Å². The molecule has 1 saturated carbocycles. The molecule has 0 aromatic carbocycles. The van der Waals surface area contributed by atoms with Gasteiger partial charge in [-0.3, -0.25) is 9.58 Å². The second kappa shape index (κ2) is 4.22. The Morgan fingerprint density at radius 2 is 2.22 bits per heavy atom. The van der Waals surface area contributed by atoms with Crippen LogP contribution in [-0.2, 0) is 5.60 Å². The molecule has 1 N–H and O–H groups in total. The van der Waals surface area contributed by atoms with Crippen molar-refractivity contribution in [3.05, 3.63) is 16.9 Å². The minimum absolute atomic E-state index is 0.214. The molecule has 18 heavy (non-hydrogen) atoms. The molecule has 0 radical (unpaired) electrons. The zero-order valence-corrected chi connectivity index (χ0v) is 11.7. The molecule has 1 atom stereocenters. The van der Waals surface area contributed by atoms with Crippen LogP contribution in [0.2, 0.25) is 5.02 Å². The largest absolute Gasteiger partial charge is 0.382 e. The fraction of sp³-hybridized carbons (Fsp3) is 0.769. The van der Waals surface area contributed by atoms with Crippen LogP contribution in [0.25, 0.3) is 0 Å². The standard InChI is InChI=1S/C13H20ClN3O/c1-9(2)17-12(11(14)7-15-17)13(18)5-6-16(8-13)10-3-4-10/h7,9-10,18H,3-6,8H2,1-2H3. The average molecular weight is 270 g/mol. The van der Waals surface area contributed by atoms with E-state index >= 15 is 0 Å². The smallest absolute Gasteiger partial charge is 0.121 e. The van der Waals surface area contributed by atoms with Crippen molar-refractivity contribution >= 4 is 11.6 Å². The summed E-state index contributed by atoms with van der Waals surface area (Å²) in [4.78, 5) is 2.38. The highest BCUT2D eigenvalue weighted by molar-refractivity contribution is 6.31. The molecule has 1 saturated heterocycles. The first-order valence-corrected chi connectivity index (χ1v) is 7.09. The van der Waals surface area contributed by atoms with Gasteiger partial charge >= 0.3 is 0 Å². The van der Waals surface area contributed by atoms with E-state index in [0.29, 0.717) is 17.6 Å². The number of halogens is 1. The molecule has 3 rings (SSSR count). The fourth-order valence-electron chi connectivity index (χ4n) is 2.94. The summed E-state index contributed by atoms with van der Waals surface area (Å²) < 4.78 is 1.86. The number of β-amino-alcohol motifs (C(OH)–C–C–N with tert-alkyl or cyclic N) is 1. The summed E-state index contributed by atoms with van der Waals surface area (Å²) in [7, 11) is 0. The summed E-state index contributed by atoms with van der Waals surface area (Å²) in [5.74, 6) is 0. The molecule has 1 aromatic rings. The van der Waals surface area contributed by atoms with Gasteiger partial charge in [-0.25, -0.2) is 0 Å². The van der Waals surface area contributed by atoms with Crippen LogP contribution in [-0.4, -0.2) is 38.9 Å². The van der Waals surface area contributed by atoms with E-state index in [2.05, 4.69) is 23.8 Å². The molecular weight excluding hydrogens is 250 g/mol. The minimum Gasteiger partial charge on any atom is -0.382 e. The molecule has 1 aliphatic carbocycles. The first-order valence-electron chi connectivity index (χ1n) is 6.71. The Bertz CT molecular complexity index is 455. The number of hydrogen-bond donors (Lipinski definition) is 1. The lowest BCUT2D eigenvalue weighted by molar-refractivity contribution is 0.0350. The van der Waals surface area contributed by atoms with Crippen LogP contribution in [0, 0.1) is 0 Å². The lowest BCUT2D eigenvalue weighted by atomic mass is 9.98. The third-order valence-corrected chi connectivity index (χ3v) is 4.30. The van der Waals surface area contributed by atoms with Crippen LogP contribution >= 0.6 is 11.6 Å². The predicted molar refractivity (Wildman–Crippen MR) is 70.7 cm³/mol. The van der Waals surface area contributed by atoms with Crippen LogP contribution in [0.4, 0.5) is 0 Å². The summed E-state index contributed by atoms with van der Waals surface area (Å²) in [6.07, 6.45) is 4.94. The Morgan fingerprint density at radius 3 is 2.83 bits per heavy atom. The van der Waals surface area contributed by atoms with Gasteiger partial charge in [-0.05, 0) is 33.1 Å². The van der Waals surface area contributed by atoms with E-state index in [9.17, 15) is 5.11 Å². The van der Waals surface area contributed by atoms with E-state index in [4.69, 9.17) is 11.6 Å². The molecule has 100 valence electrons. The van der Waals surface area contributed by atoms with Gasteiger partial charge in [-0.15, -0.1) is 0 Å². The third-order valence-electron chi connectivity index (χ3n) is 4.02. The summed E-state index contributed by atoms with van der Waals surface area (Å²) in [5.41, 5.74) is -0.0391. The van der Waals surface area contributed by atoms with Crippen molar-refractivity contribution in [3.63, 3.8) is 0 Å². The zero-order valence-electron chi connectivity index (χ0n) is 10.9. The molecule has 2 heterocycles. The van der Waals surface area contributed by atoms with Gasteiger partial charge in [0.1, 0.15) is 5.60 Å². The quantitative estimate of drug-likeness (QED) is 0.914. The van der Waals surface area contributed by atoms with Gasteiger partial charge in [-0.1, -0.05) is 11.6 Å². The van der Waals surface area contributed by atoms with Crippen molar-refractivity contribution in [2.75, 3.05) is 13.1 Å². The Labute approximate surface area is 113 Å². The third kappa shape index (κ3) is 1.96. The van der Waals surface area contributed by atoms with Gasteiger partial charge in [0, 0.05) is 25.2 Å². The average Bonchev–Trinajstić information content (AvgIpc) is 2.96. The molecule has 4 nitrogen and oxygen atoms in total. The van der Waals surface area contributed by atoms with Gasteiger partial charge in [0.25, 0.3) is 0 Å². The van der Waals surface area contributed by atoms with Crippen LogP contribution in [0.15, 0.2) is 6.20 Å². The Kier molecular flexibility index (Phi) is 2.92. The maximum Gasteiger partial charge on any atom is 0.121 e. The summed E-state index contributed by atoms with van der Waals surface area (Å²) in [6.45, 7) is 5.77. The monoisotopic (exact) mass is 269 g/mol. The predicted octanol–water partition coefficient (Wildman–Crippen LogP) is 2.17. The molecule has 0 bridgehead atoms. The molecule has 1 unspecified atom stereocenters. The lowest BCUT2D eigenvalue weighted by Gasteiger charge is -2.26. The van der Waals surface area contributed by atoms with Crippen LogP contribution in [0.3, 0.4) is 0 Å². The van der Waals surface area contributed by atoms with Crippen molar-refractivity contribution in [2.24, 2.45) is 0 Å². The number of aromatic nitrogens is 2. The molecular formula is C13H20ClN3O. The molecule has 1 aliphatic heterocycles. The van der Waals surface area contributed by atoms with Crippen LogP contribution in [0.5, 0.6) is 0 Å². The van der Waals surface area contributed by atoms with Crippen molar-refractivity contribution in [2.45, 2.75) is 50.8 Å². The number of nitrogens with zero attached hydrogens (tertiary/aromatic N) is 3. The van der Waals surface area contributed by atoms with Gasteiger partial charge in [-0.2, -0.15) is 5.10 Å². The maximum absolute atomic E-state index is 10.9. The van der Waals surface area contributed by atoms with E-state index < -0.39 is 5.60 Å². The molecule has 0 amide bonds. The number of aliphatic hydroxyl groups is 1. The second-order valence-corrected chi connectivity index (χ2v) is 6.27. The fourth-order valence-corrected chi connectivity index (χ4v) is 3.24. The Morgan fingerprint density at radius 1 is 1.50 bits per heavy atom. The molecule has 5 heteroatoms. The number of hydrogen-bond acceptors (Lipinski definition) is 3. The zero-order chi connectivity index (χ0) is 12.9. The lowest BCUT2D eigenvalue weighted by Crippen LogP contribution is -2.34. The van der Waals surface area contributed by atoms with Crippen molar-refractivity contribution in [1.82, 2.24) is 14.7 Å². The van der Waals surface area contributed by atoms with E-state index in [0.717, 1.165) is 18.7 Å². The summed E-state index contributed by atoms with van der Waals surface area (Å²) >= 11 is 6.24. The normalized spacial score (nSPS) is 29.4. The first-order chi connectivity index (χ1) is 8.51. The molecule has 0 spiro atoms. The van der Waals surface area contributed by atoms with Crippen LogP contribution in [0.1, 0.15) is 44.8 Å². The highest BCUT2D eigenvalue weighted by atomic mass is 35.5. The molecule has 1 aromatic heterocycles. The minimum atomic E-state index is -0.833. The van der Waals surface area contributed by atoms with Crippen molar-refractivity contribution in [1.29, 1.82) is 0 Å². The first kappa shape index (κ1) is 12.5. The SMILES string of the molecule is CC(C)n1ncc(Cl)c1C1(O)CCN(C2CC2)C1.